The molecule has 1 aliphatic carbocycles. The number of nitrogens with zero attached hydrogens (tertiary/aromatic N) is 2. The number of carbonyl (C=O) groups is 2. The molecule has 0 radical (unpaired) electrons. The summed E-state index contributed by atoms with van der Waals surface area (Å²) in [5, 5.41) is 1.17. The van der Waals surface area contributed by atoms with Crippen molar-refractivity contribution in [3.63, 3.8) is 0 Å². The quantitative estimate of drug-likeness (QED) is 0.207. The molecular formula is C38H50N2O4. The van der Waals surface area contributed by atoms with Crippen LogP contribution >= 0.6 is 0 Å². The number of ether oxygens (including phenoxy) is 2. The van der Waals surface area contributed by atoms with E-state index < -0.39 is 5.60 Å². The third kappa shape index (κ3) is 7.12. The van der Waals surface area contributed by atoms with E-state index in [1.54, 1.807) is 7.11 Å². The summed E-state index contributed by atoms with van der Waals surface area (Å²) in [7, 11) is 3.83. The van der Waals surface area contributed by atoms with Crippen LogP contribution in [0.25, 0.3) is 28.2 Å². The van der Waals surface area contributed by atoms with Crippen LogP contribution in [0.2, 0.25) is 0 Å². The maximum absolute atomic E-state index is 13.9. The van der Waals surface area contributed by atoms with E-state index in [9.17, 15) is 9.59 Å². The van der Waals surface area contributed by atoms with Gasteiger partial charge in [-0.1, -0.05) is 38.7 Å². The summed E-state index contributed by atoms with van der Waals surface area (Å²) in [4.78, 5) is 29.4. The number of esters is 1. The van der Waals surface area contributed by atoms with Crippen LogP contribution in [0.1, 0.15) is 113 Å². The Morgan fingerprint density at radius 2 is 1.75 bits per heavy atom. The summed E-state index contributed by atoms with van der Waals surface area (Å²) < 4.78 is 13.7. The smallest absolute Gasteiger partial charge is 0.338 e. The molecule has 1 aliphatic heterocycles. The molecule has 0 atom stereocenters. The first-order chi connectivity index (χ1) is 21.1. The normalized spacial score (nSPS) is 15.5. The number of aromatic nitrogens is 1. The molecule has 2 aromatic carbocycles. The van der Waals surface area contributed by atoms with Gasteiger partial charge in [-0.05, 0) is 120 Å². The van der Waals surface area contributed by atoms with E-state index in [1.165, 1.54) is 48.7 Å². The van der Waals surface area contributed by atoms with Gasteiger partial charge in [-0.15, -0.1) is 0 Å². The number of rotatable bonds is 11. The number of allylic oxidation sites excluding steroid dienone is 1. The molecule has 5 rings (SSSR count). The van der Waals surface area contributed by atoms with E-state index in [2.05, 4.69) is 47.7 Å². The minimum atomic E-state index is -0.583. The van der Waals surface area contributed by atoms with Crippen LogP contribution < -0.4 is 4.74 Å². The molecule has 44 heavy (non-hydrogen) atoms. The Morgan fingerprint density at radius 3 is 2.45 bits per heavy atom. The summed E-state index contributed by atoms with van der Waals surface area (Å²) >= 11 is 0. The Morgan fingerprint density at radius 1 is 1.00 bits per heavy atom. The highest BCUT2D eigenvalue weighted by Gasteiger charge is 2.31. The van der Waals surface area contributed by atoms with Crippen molar-refractivity contribution in [2.75, 3.05) is 27.2 Å². The molecule has 2 heterocycles. The van der Waals surface area contributed by atoms with Crippen LogP contribution in [0, 0.1) is 0 Å². The number of methoxy groups -OCH3 is 1. The molecule has 0 spiro atoms. The van der Waals surface area contributed by atoms with Gasteiger partial charge in [0.1, 0.15) is 11.4 Å². The van der Waals surface area contributed by atoms with Crippen LogP contribution in [-0.2, 0) is 16.1 Å². The van der Waals surface area contributed by atoms with Gasteiger partial charge in [-0.25, -0.2) is 4.79 Å². The Hall–Kier alpha value is -3.38. The second kappa shape index (κ2) is 13.7. The summed E-state index contributed by atoms with van der Waals surface area (Å²) in [5.41, 5.74) is 6.39. The SMILES string of the molecule is CCCCN(C)CCCC(=O)C1=Cc2cc(OC)ccc2-c2c(C3CCCCC3)c3ccc(C(=O)OC(C)(C)C)cc3n2C1. The highest BCUT2D eigenvalue weighted by molar-refractivity contribution is 6.04. The molecule has 0 unspecified atom stereocenters. The number of hydrogen-bond acceptors (Lipinski definition) is 5. The molecule has 6 nitrogen and oxygen atoms in total. The molecular weight excluding hydrogens is 548 g/mol. The van der Waals surface area contributed by atoms with Crippen molar-refractivity contribution in [3.05, 3.63) is 58.7 Å². The largest absolute Gasteiger partial charge is 0.497 e. The van der Waals surface area contributed by atoms with Gasteiger partial charge in [0.2, 0.25) is 0 Å². The zero-order valence-corrected chi connectivity index (χ0v) is 27.6. The lowest BCUT2D eigenvalue weighted by Gasteiger charge is -2.24. The van der Waals surface area contributed by atoms with Crippen LogP contribution in [0.5, 0.6) is 5.75 Å². The number of carbonyl (C=O) groups excluding carboxylic acids is 2. The summed E-state index contributed by atoms with van der Waals surface area (Å²) in [6.07, 6.45) is 11.8. The average Bonchev–Trinajstić information content (AvgIpc) is 3.21. The van der Waals surface area contributed by atoms with Crippen molar-refractivity contribution < 1.29 is 19.1 Å². The number of benzene rings is 2. The topological polar surface area (TPSA) is 60.8 Å². The molecule has 0 amide bonds. The number of hydrogen-bond donors (Lipinski definition) is 0. The van der Waals surface area contributed by atoms with Crippen molar-refractivity contribution in [1.82, 2.24) is 9.47 Å². The Bertz CT molecular complexity index is 1530. The Kier molecular flexibility index (Phi) is 9.99. The molecule has 1 saturated carbocycles. The fraction of sp³-hybridized carbons (Fsp3) is 0.526. The summed E-state index contributed by atoms with van der Waals surface area (Å²) in [6, 6.07) is 12.2. The van der Waals surface area contributed by atoms with Gasteiger partial charge in [0.25, 0.3) is 0 Å². The molecule has 2 aliphatic rings. The monoisotopic (exact) mass is 598 g/mol. The molecule has 0 saturated heterocycles. The van der Waals surface area contributed by atoms with E-state index in [0.29, 0.717) is 24.4 Å². The maximum atomic E-state index is 13.9. The second-order valence-corrected chi connectivity index (χ2v) is 13.7. The van der Waals surface area contributed by atoms with E-state index in [0.717, 1.165) is 60.3 Å². The van der Waals surface area contributed by atoms with Crippen LogP contribution in [0.15, 0.2) is 42.0 Å². The molecule has 0 N–H and O–H groups in total. The number of fused-ring (bicyclic) bond motifs is 5. The van der Waals surface area contributed by atoms with E-state index in [-0.39, 0.29) is 11.8 Å². The highest BCUT2D eigenvalue weighted by atomic mass is 16.6. The molecule has 236 valence electrons. The van der Waals surface area contributed by atoms with Crippen molar-refractivity contribution in [2.45, 2.75) is 104 Å². The molecule has 3 aromatic rings. The zero-order valence-electron chi connectivity index (χ0n) is 27.6. The molecule has 0 bridgehead atoms. The molecule has 1 aromatic heterocycles. The summed E-state index contributed by atoms with van der Waals surface area (Å²) in [6.45, 7) is 10.3. The Balaban J connectivity index is 1.62. The van der Waals surface area contributed by atoms with Gasteiger partial charge >= 0.3 is 5.97 Å². The fourth-order valence-corrected chi connectivity index (χ4v) is 6.88. The van der Waals surface area contributed by atoms with Gasteiger partial charge < -0.3 is 18.9 Å². The first kappa shape index (κ1) is 32.0. The standard InChI is InChI=1S/C38H50N2O4/c1-7-8-20-39(5)21-12-15-34(41)29-22-28-23-30(43-6)17-19-31(28)36-35(26-13-10-9-11-14-26)32-18-16-27(24-33(32)40(36)25-29)37(42)44-38(2,3)4/h16-19,22-24,26H,7-15,20-21,25H2,1-6H3. The van der Waals surface area contributed by atoms with Crippen molar-refractivity contribution in [2.24, 2.45) is 0 Å². The third-order valence-electron chi connectivity index (χ3n) is 9.12. The van der Waals surface area contributed by atoms with Gasteiger partial charge in [-0.3, -0.25) is 4.79 Å². The highest BCUT2D eigenvalue weighted by Crippen LogP contribution is 2.47. The van der Waals surface area contributed by atoms with Crippen molar-refractivity contribution in [3.8, 4) is 17.0 Å². The van der Waals surface area contributed by atoms with Gasteiger partial charge in [0.15, 0.2) is 5.78 Å². The number of Topliss-reactive ketones (excluding diaryl/α,β-unsaturated/α-hetero) is 1. The van der Waals surface area contributed by atoms with E-state index in [4.69, 9.17) is 9.47 Å². The predicted molar refractivity (Wildman–Crippen MR) is 180 cm³/mol. The Labute approximate surface area is 263 Å². The lowest BCUT2D eigenvalue weighted by atomic mass is 9.81. The summed E-state index contributed by atoms with van der Waals surface area (Å²) in [5.74, 6) is 1.06. The first-order valence-corrected chi connectivity index (χ1v) is 16.6. The third-order valence-corrected chi connectivity index (χ3v) is 9.12. The zero-order chi connectivity index (χ0) is 31.4. The van der Waals surface area contributed by atoms with E-state index >= 15 is 0 Å². The van der Waals surface area contributed by atoms with Crippen LogP contribution in [0.3, 0.4) is 0 Å². The van der Waals surface area contributed by atoms with E-state index in [1.807, 2.05) is 39.0 Å². The van der Waals surface area contributed by atoms with Crippen molar-refractivity contribution >= 4 is 28.7 Å². The molecule has 6 heteroatoms. The van der Waals surface area contributed by atoms with Gasteiger partial charge in [0, 0.05) is 28.5 Å². The second-order valence-electron chi connectivity index (χ2n) is 13.7. The predicted octanol–water partition coefficient (Wildman–Crippen LogP) is 8.80. The lowest BCUT2D eigenvalue weighted by molar-refractivity contribution is -0.115. The first-order valence-electron chi connectivity index (χ1n) is 16.6. The number of unbranched alkanes of at least 4 members (excludes halogenated alkanes) is 1. The fourth-order valence-electron chi connectivity index (χ4n) is 6.88. The molecule has 1 fully saturated rings. The van der Waals surface area contributed by atoms with Gasteiger partial charge in [0.05, 0.1) is 24.9 Å². The minimum Gasteiger partial charge on any atom is -0.497 e. The van der Waals surface area contributed by atoms with Crippen LogP contribution in [-0.4, -0.2) is 54.1 Å². The average molecular weight is 599 g/mol. The van der Waals surface area contributed by atoms with Gasteiger partial charge in [-0.2, -0.15) is 0 Å². The van der Waals surface area contributed by atoms with Crippen LogP contribution in [0.4, 0.5) is 0 Å². The number of ketones is 1. The minimum absolute atomic E-state index is 0.180. The lowest BCUT2D eigenvalue weighted by Crippen LogP contribution is -2.23. The maximum Gasteiger partial charge on any atom is 0.338 e. The van der Waals surface area contributed by atoms with Crippen molar-refractivity contribution in [1.29, 1.82) is 0 Å².